The third-order valence-corrected chi connectivity index (χ3v) is 7.43. The van der Waals surface area contributed by atoms with Gasteiger partial charge in [-0.2, -0.15) is 0 Å². The third kappa shape index (κ3) is 2.12. The quantitative estimate of drug-likeness (QED) is 0.451. The molecular weight excluding hydrogens is 140 g/mol. The van der Waals surface area contributed by atoms with Crippen LogP contribution in [0.4, 0.5) is 0 Å². The molecule has 10 heavy (non-hydrogen) atoms. The van der Waals surface area contributed by atoms with E-state index in [1.807, 2.05) is 11.6 Å². The fourth-order valence-electron chi connectivity index (χ4n) is 1.18. The van der Waals surface area contributed by atoms with Gasteiger partial charge >= 0.3 is 0 Å². The molecule has 0 aromatic rings. The van der Waals surface area contributed by atoms with E-state index >= 15 is 0 Å². The first-order chi connectivity index (χ1) is 4.74. The van der Waals surface area contributed by atoms with E-state index in [0.29, 0.717) is 0 Å². The summed E-state index contributed by atoms with van der Waals surface area (Å²) >= 11 is 0. The molecule has 0 fully saturated rings. The highest BCUT2D eigenvalue weighted by Crippen LogP contribution is 2.19. The van der Waals surface area contributed by atoms with Crippen molar-refractivity contribution in [3.8, 4) is 0 Å². The molecule has 0 saturated carbocycles. The lowest BCUT2D eigenvalue weighted by atomic mass is 10.9. The van der Waals surface area contributed by atoms with Gasteiger partial charge in [0.05, 0.1) is 8.07 Å². The predicted molar refractivity (Wildman–Crippen MR) is 47.5 cm³/mol. The van der Waals surface area contributed by atoms with Crippen LogP contribution in [0.3, 0.4) is 0 Å². The van der Waals surface area contributed by atoms with Gasteiger partial charge in [0.15, 0.2) is 0 Å². The highest BCUT2D eigenvalue weighted by atomic mass is 28.3. The van der Waals surface area contributed by atoms with Crippen LogP contribution in [0.1, 0.15) is 20.8 Å². The van der Waals surface area contributed by atoms with Crippen molar-refractivity contribution >= 4 is 14.0 Å². The van der Waals surface area contributed by atoms with E-state index in [-0.39, 0.29) is 0 Å². The zero-order chi connectivity index (χ0) is 8.04. The Balaban J connectivity index is 4.29. The summed E-state index contributed by atoms with van der Waals surface area (Å²) in [5.41, 5.74) is 1.81. The van der Waals surface area contributed by atoms with Gasteiger partial charge < -0.3 is 0 Å². The van der Waals surface area contributed by atoms with Crippen molar-refractivity contribution in [1.82, 2.24) is 0 Å². The fraction of sp³-hybridized carbons (Fsp3) is 0.750. The molecule has 0 unspecified atom stereocenters. The molecule has 0 atom stereocenters. The summed E-state index contributed by atoms with van der Waals surface area (Å²) in [6.45, 7) is 6.52. The Morgan fingerprint density at radius 2 is 1.60 bits per heavy atom. The molecule has 0 heterocycles. The molecule has 0 amide bonds. The minimum Gasteiger partial charge on any atom is -0.234 e. The average molecular weight is 156 g/mol. The SMILES string of the molecule is CC[Si](C=C=O)(CC)CC. The Bertz CT molecular complexity index is 124. The number of rotatable bonds is 4. The highest BCUT2D eigenvalue weighted by Gasteiger charge is 2.23. The maximum atomic E-state index is 10.2. The minimum atomic E-state index is -1.27. The van der Waals surface area contributed by atoms with E-state index in [9.17, 15) is 4.79 Å². The summed E-state index contributed by atoms with van der Waals surface area (Å²) in [7, 11) is -1.27. The van der Waals surface area contributed by atoms with Crippen LogP contribution in [0.15, 0.2) is 5.70 Å². The zero-order valence-corrected chi connectivity index (χ0v) is 8.11. The van der Waals surface area contributed by atoms with Crippen molar-refractivity contribution in [1.29, 1.82) is 0 Å². The van der Waals surface area contributed by atoms with Crippen molar-refractivity contribution in [3.63, 3.8) is 0 Å². The third-order valence-electron chi connectivity index (χ3n) is 2.48. The molecule has 58 valence electrons. The second-order valence-corrected chi connectivity index (χ2v) is 7.82. The molecule has 0 bridgehead atoms. The first-order valence-electron chi connectivity index (χ1n) is 3.96. The first-order valence-corrected chi connectivity index (χ1v) is 6.66. The predicted octanol–water partition coefficient (Wildman–Crippen LogP) is 2.42. The molecule has 1 nitrogen and oxygen atoms in total. The molecule has 2 heteroatoms. The molecule has 0 aromatic heterocycles. The normalized spacial score (nSPS) is 10.7. The molecule has 0 N–H and O–H groups in total. The lowest BCUT2D eigenvalue weighted by molar-refractivity contribution is 0.569. The van der Waals surface area contributed by atoms with E-state index < -0.39 is 8.07 Å². The van der Waals surface area contributed by atoms with E-state index in [2.05, 4.69) is 20.8 Å². The lowest BCUT2D eigenvalue weighted by Crippen LogP contribution is -2.28. The lowest BCUT2D eigenvalue weighted by Gasteiger charge is -2.20. The largest absolute Gasteiger partial charge is 0.234 e. The van der Waals surface area contributed by atoms with Crippen LogP contribution in [-0.2, 0) is 4.79 Å². The summed E-state index contributed by atoms with van der Waals surface area (Å²) in [5.74, 6) is 1.95. The molecule has 0 aliphatic heterocycles. The summed E-state index contributed by atoms with van der Waals surface area (Å²) in [6, 6.07) is 3.53. The van der Waals surface area contributed by atoms with E-state index in [1.165, 1.54) is 18.1 Å². The van der Waals surface area contributed by atoms with Crippen LogP contribution in [0.25, 0.3) is 0 Å². The van der Waals surface area contributed by atoms with Gasteiger partial charge in [-0.05, 0) is 5.70 Å². The van der Waals surface area contributed by atoms with E-state index in [0.717, 1.165) is 0 Å². The Labute approximate surface area is 64.1 Å². The van der Waals surface area contributed by atoms with E-state index in [4.69, 9.17) is 0 Å². The number of carbonyl (C=O) groups excluding carboxylic acids is 1. The van der Waals surface area contributed by atoms with Gasteiger partial charge in [0.1, 0.15) is 5.94 Å². The van der Waals surface area contributed by atoms with Crippen molar-refractivity contribution < 1.29 is 4.79 Å². The smallest absolute Gasteiger partial charge is 0.115 e. The molecular formula is C8H16OSi. The van der Waals surface area contributed by atoms with Crippen LogP contribution in [0, 0.1) is 0 Å². The van der Waals surface area contributed by atoms with Gasteiger partial charge in [0.2, 0.25) is 0 Å². The van der Waals surface area contributed by atoms with Gasteiger partial charge in [-0.25, -0.2) is 4.79 Å². The summed E-state index contributed by atoms with van der Waals surface area (Å²) in [6.07, 6.45) is 0. The molecule has 0 spiro atoms. The summed E-state index contributed by atoms with van der Waals surface area (Å²) in [5, 5.41) is 0. The van der Waals surface area contributed by atoms with Crippen LogP contribution < -0.4 is 0 Å². The van der Waals surface area contributed by atoms with Gasteiger partial charge in [-0.1, -0.05) is 38.9 Å². The van der Waals surface area contributed by atoms with Crippen molar-refractivity contribution in [2.24, 2.45) is 0 Å². The number of hydrogen-bond acceptors (Lipinski definition) is 1. The van der Waals surface area contributed by atoms with Crippen LogP contribution in [0.5, 0.6) is 0 Å². The highest BCUT2D eigenvalue weighted by molar-refractivity contribution is 6.85. The summed E-state index contributed by atoms with van der Waals surface area (Å²) < 4.78 is 0. The van der Waals surface area contributed by atoms with Crippen molar-refractivity contribution in [2.75, 3.05) is 0 Å². The van der Waals surface area contributed by atoms with Gasteiger partial charge in [-0.3, -0.25) is 0 Å². The standard InChI is InChI=1S/C8H16OSi/c1-4-10(5-2,6-3)8-7-9/h8H,4-6H2,1-3H3. The minimum absolute atomic E-state index is 1.18. The van der Waals surface area contributed by atoms with Crippen LogP contribution >= 0.6 is 0 Å². The first kappa shape index (κ1) is 9.67. The summed E-state index contributed by atoms with van der Waals surface area (Å²) in [4.78, 5) is 10.2. The Kier molecular flexibility index (Phi) is 4.33. The maximum Gasteiger partial charge on any atom is 0.115 e. The average Bonchev–Trinajstić information content (AvgIpc) is 2.01. The van der Waals surface area contributed by atoms with Crippen LogP contribution in [-0.4, -0.2) is 14.0 Å². The van der Waals surface area contributed by atoms with Gasteiger partial charge in [0, 0.05) is 0 Å². The zero-order valence-electron chi connectivity index (χ0n) is 7.11. The van der Waals surface area contributed by atoms with Crippen molar-refractivity contribution in [2.45, 2.75) is 38.9 Å². The van der Waals surface area contributed by atoms with Gasteiger partial charge in [0.25, 0.3) is 0 Å². The topological polar surface area (TPSA) is 17.1 Å². The second kappa shape index (κ2) is 4.48. The Morgan fingerprint density at radius 1 is 1.20 bits per heavy atom. The second-order valence-electron chi connectivity index (χ2n) is 2.69. The molecule has 0 aromatic carbocycles. The molecule has 0 radical (unpaired) electrons. The van der Waals surface area contributed by atoms with E-state index in [1.54, 1.807) is 0 Å². The Morgan fingerprint density at radius 3 is 1.70 bits per heavy atom. The van der Waals surface area contributed by atoms with Crippen molar-refractivity contribution in [3.05, 3.63) is 5.70 Å². The molecule has 0 aliphatic carbocycles. The monoisotopic (exact) mass is 156 g/mol. The van der Waals surface area contributed by atoms with Crippen LogP contribution in [0.2, 0.25) is 18.1 Å². The maximum absolute atomic E-state index is 10.2. The molecule has 0 aliphatic rings. The fourth-order valence-corrected chi connectivity index (χ4v) is 3.54. The number of hydrogen-bond donors (Lipinski definition) is 0. The Hall–Kier alpha value is -0.333. The molecule has 0 rings (SSSR count). The van der Waals surface area contributed by atoms with Gasteiger partial charge in [-0.15, -0.1) is 0 Å². The molecule has 0 saturated heterocycles.